The van der Waals surface area contributed by atoms with E-state index in [0.717, 1.165) is 12.8 Å². The van der Waals surface area contributed by atoms with E-state index in [9.17, 15) is 9.18 Å². The molecular formula is C16H24ClFN2O. The first-order valence-electron chi connectivity index (χ1n) is 7.03. The summed E-state index contributed by atoms with van der Waals surface area (Å²) >= 11 is 0. The van der Waals surface area contributed by atoms with Crippen molar-refractivity contribution in [2.75, 3.05) is 0 Å². The Morgan fingerprint density at radius 2 is 1.62 bits per heavy atom. The second-order valence-electron chi connectivity index (χ2n) is 6.98. The standard InChI is InChI=1S/C16H23FN2O.ClH/c1-15(2)9-13(10-16(3,4)19-15)18-14(20)11-5-7-12(17)8-6-11;/h5-8,13,19H,9-10H2,1-4H3,(H,18,20);1H. The van der Waals surface area contributed by atoms with Crippen LogP contribution in [0.15, 0.2) is 24.3 Å². The van der Waals surface area contributed by atoms with Crippen LogP contribution < -0.4 is 10.6 Å². The summed E-state index contributed by atoms with van der Waals surface area (Å²) in [6.45, 7) is 8.58. The van der Waals surface area contributed by atoms with Gasteiger partial charge in [0.1, 0.15) is 5.82 Å². The Balaban J connectivity index is 0.00000220. The van der Waals surface area contributed by atoms with E-state index in [1.54, 1.807) is 0 Å². The van der Waals surface area contributed by atoms with Gasteiger partial charge in [-0.05, 0) is 64.8 Å². The molecule has 0 saturated carbocycles. The van der Waals surface area contributed by atoms with Crippen molar-refractivity contribution in [2.45, 2.75) is 57.7 Å². The summed E-state index contributed by atoms with van der Waals surface area (Å²) in [6.07, 6.45) is 1.76. The molecule has 1 aromatic carbocycles. The van der Waals surface area contributed by atoms with Gasteiger partial charge < -0.3 is 10.6 Å². The highest BCUT2D eigenvalue weighted by Gasteiger charge is 2.38. The number of carbonyl (C=O) groups excluding carboxylic acids is 1. The highest BCUT2D eigenvalue weighted by atomic mass is 35.5. The predicted molar refractivity (Wildman–Crippen MR) is 85.4 cm³/mol. The molecule has 0 spiro atoms. The minimum Gasteiger partial charge on any atom is -0.349 e. The molecule has 1 amide bonds. The Morgan fingerprint density at radius 1 is 1.14 bits per heavy atom. The smallest absolute Gasteiger partial charge is 0.251 e. The number of amides is 1. The Labute approximate surface area is 132 Å². The molecule has 1 fully saturated rings. The molecule has 0 bridgehead atoms. The summed E-state index contributed by atoms with van der Waals surface area (Å²) in [7, 11) is 0. The van der Waals surface area contributed by atoms with Crippen LogP contribution in [-0.2, 0) is 0 Å². The van der Waals surface area contributed by atoms with Gasteiger partial charge in [-0.25, -0.2) is 4.39 Å². The van der Waals surface area contributed by atoms with Crippen LogP contribution in [-0.4, -0.2) is 23.0 Å². The molecule has 3 nitrogen and oxygen atoms in total. The summed E-state index contributed by atoms with van der Waals surface area (Å²) in [6, 6.07) is 5.78. The molecule has 0 aliphatic carbocycles. The summed E-state index contributed by atoms with van der Waals surface area (Å²) in [5.41, 5.74) is 0.478. The molecule has 0 unspecified atom stereocenters. The van der Waals surface area contributed by atoms with E-state index in [2.05, 4.69) is 38.3 Å². The van der Waals surface area contributed by atoms with Gasteiger partial charge in [0.2, 0.25) is 0 Å². The Bertz CT molecular complexity index is 484. The molecule has 1 aliphatic rings. The van der Waals surface area contributed by atoms with Gasteiger partial charge in [-0.15, -0.1) is 12.4 Å². The van der Waals surface area contributed by atoms with Crippen molar-refractivity contribution in [1.29, 1.82) is 0 Å². The van der Waals surface area contributed by atoms with Crippen molar-refractivity contribution in [1.82, 2.24) is 10.6 Å². The van der Waals surface area contributed by atoms with Crippen LogP contribution in [0.1, 0.15) is 50.9 Å². The van der Waals surface area contributed by atoms with E-state index < -0.39 is 0 Å². The maximum absolute atomic E-state index is 12.9. The van der Waals surface area contributed by atoms with Crippen LogP contribution in [0.25, 0.3) is 0 Å². The molecule has 0 atom stereocenters. The van der Waals surface area contributed by atoms with E-state index in [-0.39, 0.29) is 41.3 Å². The number of piperidine rings is 1. The number of nitrogens with one attached hydrogen (secondary N) is 2. The second-order valence-corrected chi connectivity index (χ2v) is 6.98. The van der Waals surface area contributed by atoms with Crippen LogP contribution in [0.3, 0.4) is 0 Å². The zero-order valence-electron chi connectivity index (χ0n) is 13.0. The maximum Gasteiger partial charge on any atom is 0.251 e. The van der Waals surface area contributed by atoms with E-state index in [4.69, 9.17) is 0 Å². The molecule has 1 aliphatic heterocycles. The molecule has 2 rings (SSSR count). The lowest BCUT2D eigenvalue weighted by molar-refractivity contribution is 0.0873. The summed E-state index contributed by atoms with van der Waals surface area (Å²) in [5, 5.41) is 6.65. The summed E-state index contributed by atoms with van der Waals surface area (Å²) < 4.78 is 12.9. The van der Waals surface area contributed by atoms with Crippen molar-refractivity contribution in [3.8, 4) is 0 Å². The van der Waals surface area contributed by atoms with Crippen molar-refractivity contribution < 1.29 is 9.18 Å². The van der Waals surface area contributed by atoms with Gasteiger partial charge in [0.15, 0.2) is 0 Å². The average Bonchev–Trinajstić information content (AvgIpc) is 2.25. The summed E-state index contributed by atoms with van der Waals surface area (Å²) in [4.78, 5) is 12.2. The van der Waals surface area contributed by atoms with E-state index >= 15 is 0 Å². The lowest BCUT2D eigenvalue weighted by Gasteiger charge is -2.46. The van der Waals surface area contributed by atoms with Gasteiger partial charge >= 0.3 is 0 Å². The minimum atomic E-state index is -0.328. The molecule has 1 aromatic rings. The number of carbonyl (C=O) groups is 1. The molecule has 5 heteroatoms. The number of hydrogen-bond donors (Lipinski definition) is 2. The second kappa shape index (κ2) is 6.32. The van der Waals surface area contributed by atoms with Crippen LogP contribution in [0, 0.1) is 5.82 Å². The summed E-state index contributed by atoms with van der Waals surface area (Å²) in [5.74, 6) is -0.464. The molecule has 21 heavy (non-hydrogen) atoms. The normalized spacial score (nSPS) is 20.4. The monoisotopic (exact) mass is 314 g/mol. The van der Waals surface area contributed by atoms with Crippen molar-refractivity contribution >= 4 is 18.3 Å². The molecule has 0 radical (unpaired) electrons. The van der Waals surface area contributed by atoms with Crippen molar-refractivity contribution in [3.05, 3.63) is 35.6 Å². The van der Waals surface area contributed by atoms with Crippen LogP contribution >= 0.6 is 12.4 Å². The van der Waals surface area contributed by atoms with Crippen molar-refractivity contribution in [2.24, 2.45) is 0 Å². The van der Waals surface area contributed by atoms with E-state index in [1.807, 2.05) is 0 Å². The fourth-order valence-corrected chi connectivity index (χ4v) is 3.29. The SMILES string of the molecule is CC1(C)CC(NC(=O)c2ccc(F)cc2)CC(C)(C)N1.Cl. The maximum atomic E-state index is 12.9. The first-order valence-corrected chi connectivity index (χ1v) is 7.03. The Morgan fingerprint density at radius 3 is 2.10 bits per heavy atom. The number of hydrogen-bond acceptors (Lipinski definition) is 2. The third kappa shape index (κ3) is 4.97. The zero-order valence-corrected chi connectivity index (χ0v) is 13.8. The van der Waals surface area contributed by atoms with Gasteiger partial charge in [0, 0.05) is 22.7 Å². The van der Waals surface area contributed by atoms with Gasteiger partial charge in [0.25, 0.3) is 5.91 Å². The number of halogens is 2. The van der Waals surface area contributed by atoms with E-state index in [1.165, 1.54) is 24.3 Å². The number of benzene rings is 1. The molecular weight excluding hydrogens is 291 g/mol. The fraction of sp³-hybridized carbons (Fsp3) is 0.562. The van der Waals surface area contributed by atoms with Gasteiger partial charge in [0.05, 0.1) is 0 Å². The predicted octanol–water partition coefficient (Wildman–Crippen LogP) is 3.29. The van der Waals surface area contributed by atoms with Gasteiger partial charge in [-0.3, -0.25) is 4.79 Å². The topological polar surface area (TPSA) is 41.1 Å². The molecule has 0 aromatic heterocycles. The van der Waals surface area contributed by atoms with E-state index in [0.29, 0.717) is 5.56 Å². The zero-order chi connectivity index (χ0) is 15.0. The molecule has 1 heterocycles. The fourth-order valence-electron chi connectivity index (χ4n) is 3.29. The Kier molecular flexibility index (Phi) is 5.40. The third-order valence-electron chi connectivity index (χ3n) is 3.63. The first-order chi connectivity index (χ1) is 9.17. The lowest BCUT2D eigenvalue weighted by Crippen LogP contribution is -2.62. The quantitative estimate of drug-likeness (QED) is 0.879. The largest absolute Gasteiger partial charge is 0.349 e. The molecule has 118 valence electrons. The minimum absolute atomic E-state index is 0. The average molecular weight is 315 g/mol. The molecule has 2 N–H and O–H groups in total. The van der Waals surface area contributed by atoms with Crippen molar-refractivity contribution in [3.63, 3.8) is 0 Å². The highest BCUT2D eigenvalue weighted by Crippen LogP contribution is 2.28. The molecule has 1 saturated heterocycles. The van der Waals surface area contributed by atoms with Crippen LogP contribution in [0.5, 0.6) is 0 Å². The van der Waals surface area contributed by atoms with Crippen LogP contribution in [0.2, 0.25) is 0 Å². The first kappa shape index (κ1) is 17.9. The van der Waals surface area contributed by atoms with Gasteiger partial charge in [-0.2, -0.15) is 0 Å². The lowest BCUT2D eigenvalue weighted by atomic mass is 9.79. The highest BCUT2D eigenvalue weighted by molar-refractivity contribution is 5.94. The number of rotatable bonds is 2. The van der Waals surface area contributed by atoms with Crippen LogP contribution in [0.4, 0.5) is 4.39 Å². The van der Waals surface area contributed by atoms with Gasteiger partial charge in [-0.1, -0.05) is 0 Å². The Hall–Kier alpha value is -1.13. The third-order valence-corrected chi connectivity index (χ3v) is 3.63.